The summed E-state index contributed by atoms with van der Waals surface area (Å²) >= 11 is 0. The highest BCUT2D eigenvalue weighted by Gasteiger charge is 2.19. The lowest BCUT2D eigenvalue weighted by Gasteiger charge is -2.21. The van der Waals surface area contributed by atoms with E-state index >= 15 is 0 Å². The molecule has 0 fully saturated rings. The molecule has 1 N–H and O–H groups in total. The number of benzene rings is 1. The summed E-state index contributed by atoms with van der Waals surface area (Å²) in [7, 11) is 1.64. The maximum absolute atomic E-state index is 10.8. The van der Waals surface area contributed by atoms with E-state index in [2.05, 4.69) is 0 Å². The minimum Gasteiger partial charge on any atom is -0.481 e. The molecule has 0 heterocycles. The predicted molar refractivity (Wildman–Crippen MR) is 63.2 cm³/mol. The molecule has 1 atom stereocenters. The van der Waals surface area contributed by atoms with E-state index in [-0.39, 0.29) is 12.2 Å². The SMILES string of the molecule is CC(CN(C)c1ccccc1[N+](=O)[O-])C(=O)O. The molecule has 1 aromatic carbocycles. The second kappa shape index (κ2) is 5.29. The number of nitro groups is 1. The predicted octanol–water partition coefficient (Wildman–Crippen LogP) is 1.75. The number of carboxylic acid groups (broad SMARTS) is 1. The van der Waals surface area contributed by atoms with E-state index in [0.29, 0.717) is 5.69 Å². The number of anilines is 1. The number of para-hydroxylation sites is 2. The quantitative estimate of drug-likeness (QED) is 0.624. The average molecular weight is 238 g/mol. The molecule has 0 bridgehead atoms. The number of nitrogens with zero attached hydrogens (tertiary/aromatic N) is 2. The molecule has 1 rings (SSSR count). The third kappa shape index (κ3) is 3.17. The van der Waals surface area contributed by atoms with Gasteiger partial charge in [0.25, 0.3) is 5.69 Å². The summed E-state index contributed by atoms with van der Waals surface area (Å²) in [6.07, 6.45) is 0. The van der Waals surface area contributed by atoms with Crippen molar-refractivity contribution < 1.29 is 14.8 Å². The van der Waals surface area contributed by atoms with Crippen LogP contribution in [0.5, 0.6) is 0 Å². The first-order valence-corrected chi connectivity index (χ1v) is 5.11. The maximum atomic E-state index is 10.8. The lowest BCUT2D eigenvalue weighted by Crippen LogP contribution is -2.28. The zero-order valence-corrected chi connectivity index (χ0v) is 9.66. The highest BCUT2D eigenvalue weighted by Crippen LogP contribution is 2.26. The molecule has 17 heavy (non-hydrogen) atoms. The molecule has 0 aliphatic heterocycles. The van der Waals surface area contributed by atoms with Crippen molar-refractivity contribution >= 4 is 17.3 Å². The van der Waals surface area contributed by atoms with Gasteiger partial charge in [-0.25, -0.2) is 0 Å². The van der Waals surface area contributed by atoms with Gasteiger partial charge in [0, 0.05) is 19.7 Å². The van der Waals surface area contributed by atoms with E-state index < -0.39 is 16.8 Å². The fourth-order valence-electron chi connectivity index (χ4n) is 1.53. The number of carboxylic acids is 1. The Labute approximate surface area is 98.6 Å². The van der Waals surface area contributed by atoms with Gasteiger partial charge >= 0.3 is 5.97 Å². The van der Waals surface area contributed by atoms with Gasteiger partial charge in [0.1, 0.15) is 5.69 Å². The first-order chi connectivity index (χ1) is 7.93. The molecule has 0 spiro atoms. The zero-order valence-electron chi connectivity index (χ0n) is 9.66. The summed E-state index contributed by atoms with van der Waals surface area (Å²) in [5.74, 6) is -1.50. The number of nitro benzene ring substituents is 1. The molecule has 0 aliphatic carbocycles. The maximum Gasteiger partial charge on any atom is 0.308 e. The van der Waals surface area contributed by atoms with Crippen molar-refractivity contribution in [2.75, 3.05) is 18.5 Å². The zero-order chi connectivity index (χ0) is 13.0. The number of aliphatic carboxylic acids is 1. The van der Waals surface area contributed by atoms with Crippen molar-refractivity contribution in [2.24, 2.45) is 5.92 Å². The number of hydrogen-bond acceptors (Lipinski definition) is 4. The highest BCUT2D eigenvalue weighted by atomic mass is 16.6. The average Bonchev–Trinajstić information content (AvgIpc) is 2.28. The highest BCUT2D eigenvalue weighted by molar-refractivity contribution is 5.71. The van der Waals surface area contributed by atoms with Crippen molar-refractivity contribution in [3.63, 3.8) is 0 Å². The monoisotopic (exact) mass is 238 g/mol. The van der Waals surface area contributed by atoms with E-state index in [4.69, 9.17) is 5.11 Å². The number of rotatable bonds is 5. The Bertz CT molecular complexity index is 433. The number of hydrogen-bond donors (Lipinski definition) is 1. The van der Waals surface area contributed by atoms with Crippen molar-refractivity contribution in [2.45, 2.75) is 6.92 Å². The normalized spacial score (nSPS) is 11.9. The van der Waals surface area contributed by atoms with Crippen LogP contribution in [0.4, 0.5) is 11.4 Å². The molecule has 1 unspecified atom stereocenters. The van der Waals surface area contributed by atoms with Crippen LogP contribution in [-0.4, -0.2) is 29.6 Å². The Hall–Kier alpha value is -2.11. The van der Waals surface area contributed by atoms with Crippen molar-refractivity contribution in [1.29, 1.82) is 0 Å². The summed E-state index contributed by atoms with van der Waals surface area (Å²) in [6, 6.07) is 6.27. The topological polar surface area (TPSA) is 83.7 Å². The molecular weight excluding hydrogens is 224 g/mol. The van der Waals surface area contributed by atoms with E-state index in [1.54, 1.807) is 37.1 Å². The first-order valence-electron chi connectivity index (χ1n) is 5.11. The Balaban J connectivity index is 2.92. The Morgan fingerprint density at radius 1 is 1.53 bits per heavy atom. The van der Waals surface area contributed by atoms with Gasteiger partial charge in [0.05, 0.1) is 10.8 Å². The van der Waals surface area contributed by atoms with Crippen LogP contribution >= 0.6 is 0 Å². The first kappa shape index (κ1) is 13.0. The molecule has 0 saturated carbocycles. The summed E-state index contributed by atoms with van der Waals surface area (Å²) in [5, 5.41) is 19.6. The van der Waals surface area contributed by atoms with Crippen LogP contribution in [-0.2, 0) is 4.79 Å². The molecule has 0 aliphatic rings. The minimum absolute atomic E-state index is 0.0208. The van der Waals surface area contributed by atoms with Crippen LogP contribution in [0.1, 0.15) is 6.92 Å². The van der Waals surface area contributed by atoms with Gasteiger partial charge in [-0.3, -0.25) is 14.9 Å². The fourth-order valence-corrected chi connectivity index (χ4v) is 1.53. The van der Waals surface area contributed by atoms with Crippen LogP contribution in [0, 0.1) is 16.0 Å². The van der Waals surface area contributed by atoms with E-state index in [9.17, 15) is 14.9 Å². The third-order valence-electron chi connectivity index (χ3n) is 2.46. The lowest BCUT2D eigenvalue weighted by molar-refractivity contribution is -0.384. The second-order valence-electron chi connectivity index (χ2n) is 3.87. The summed E-state index contributed by atoms with van der Waals surface area (Å²) in [6.45, 7) is 1.79. The van der Waals surface area contributed by atoms with Gasteiger partial charge < -0.3 is 10.0 Å². The molecule has 6 heteroatoms. The van der Waals surface area contributed by atoms with Gasteiger partial charge in [-0.05, 0) is 6.07 Å². The molecule has 0 amide bonds. The third-order valence-corrected chi connectivity index (χ3v) is 2.46. The van der Waals surface area contributed by atoms with Gasteiger partial charge in [-0.1, -0.05) is 19.1 Å². The van der Waals surface area contributed by atoms with Crippen LogP contribution in [0.3, 0.4) is 0 Å². The van der Waals surface area contributed by atoms with E-state index in [1.807, 2.05) is 0 Å². The summed E-state index contributed by atoms with van der Waals surface area (Å²) in [4.78, 5) is 22.6. The van der Waals surface area contributed by atoms with Crippen LogP contribution in [0.2, 0.25) is 0 Å². The van der Waals surface area contributed by atoms with E-state index in [1.165, 1.54) is 6.07 Å². The van der Waals surface area contributed by atoms with Crippen LogP contribution in [0.15, 0.2) is 24.3 Å². The Morgan fingerprint density at radius 3 is 2.65 bits per heavy atom. The van der Waals surface area contributed by atoms with Crippen molar-refractivity contribution in [1.82, 2.24) is 0 Å². The van der Waals surface area contributed by atoms with Crippen LogP contribution in [0.25, 0.3) is 0 Å². The van der Waals surface area contributed by atoms with Gasteiger partial charge in [0.2, 0.25) is 0 Å². The fraction of sp³-hybridized carbons (Fsp3) is 0.364. The molecular formula is C11H14N2O4. The van der Waals surface area contributed by atoms with E-state index in [0.717, 1.165) is 0 Å². The van der Waals surface area contributed by atoms with Gasteiger partial charge in [-0.15, -0.1) is 0 Å². The standard InChI is InChI=1S/C11H14N2O4/c1-8(11(14)15)7-12(2)9-5-3-4-6-10(9)13(16)17/h3-6,8H,7H2,1-2H3,(H,14,15). The summed E-state index contributed by atoms with van der Waals surface area (Å²) in [5.41, 5.74) is 0.401. The molecule has 0 saturated heterocycles. The second-order valence-corrected chi connectivity index (χ2v) is 3.87. The molecule has 0 radical (unpaired) electrons. The van der Waals surface area contributed by atoms with Crippen LogP contribution < -0.4 is 4.90 Å². The summed E-state index contributed by atoms with van der Waals surface area (Å²) < 4.78 is 0. The molecule has 6 nitrogen and oxygen atoms in total. The minimum atomic E-state index is -0.921. The number of carbonyl (C=O) groups is 1. The molecule has 1 aromatic rings. The van der Waals surface area contributed by atoms with Crippen molar-refractivity contribution in [3.8, 4) is 0 Å². The van der Waals surface area contributed by atoms with Gasteiger partial charge in [-0.2, -0.15) is 0 Å². The molecule has 0 aromatic heterocycles. The smallest absolute Gasteiger partial charge is 0.308 e. The molecule has 92 valence electrons. The van der Waals surface area contributed by atoms with Crippen molar-refractivity contribution in [3.05, 3.63) is 34.4 Å². The largest absolute Gasteiger partial charge is 0.481 e. The Kier molecular flexibility index (Phi) is 4.03. The lowest BCUT2D eigenvalue weighted by atomic mass is 10.1. The van der Waals surface area contributed by atoms with Gasteiger partial charge in [0.15, 0.2) is 0 Å². The Morgan fingerprint density at radius 2 is 2.12 bits per heavy atom.